The fourth-order valence-electron chi connectivity index (χ4n) is 4.10. The number of rotatable bonds is 6. The molecule has 0 N–H and O–H groups in total. The molecule has 0 saturated carbocycles. The van der Waals surface area contributed by atoms with Gasteiger partial charge < -0.3 is 4.74 Å². The van der Waals surface area contributed by atoms with Crippen LogP contribution in [0.1, 0.15) is 61.4 Å². The maximum atomic E-state index is 13.2. The summed E-state index contributed by atoms with van der Waals surface area (Å²) in [5.41, 5.74) is 3.47. The normalized spacial score (nSPS) is 18.2. The molecule has 2 atom stereocenters. The predicted molar refractivity (Wildman–Crippen MR) is 117 cm³/mol. The zero-order chi connectivity index (χ0) is 21.1. The van der Waals surface area contributed by atoms with Crippen molar-refractivity contribution in [2.75, 3.05) is 12.0 Å². The van der Waals surface area contributed by atoms with Gasteiger partial charge in [0.25, 0.3) is 0 Å². The number of amides is 1. The highest BCUT2D eigenvalue weighted by atomic mass is 16.5. The van der Waals surface area contributed by atoms with E-state index >= 15 is 0 Å². The molecule has 1 amide bonds. The van der Waals surface area contributed by atoms with Gasteiger partial charge in [-0.15, -0.1) is 0 Å². The van der Waals surface area contributed by atoms with Crippen molar-refractivity contribution in [3.05, 3.63) is 71.5 Å². The maximum Gasteiger partial charge on any atom is 0.231 e. The topological polar surface area (TPSA) is 60.2 Å². The summed E-state index contributed by atoms with van der Waals surface area (Å²) >= 11 is 0. The lowest BCUT2D eigenvalue weighted by Crippen LogP contribution is -2.42. The second kappa shape index (κ2) is 8.69. The molecule has 6 heteroatoms. The second-order valence-electron chi connectivity index (χ2n) is 7.82. The number of methoxy groups -OCH3 is 1. The van der Waals surface area contributed by atoms with Crippen molar-refractivity contribution in [3.63, 3.8) is 0 Å². The molecule has 0 unspecified atom stereocenters. The summed E-state index contributed by atoms with van der Waals surface area (Å²) in [4.78, 5) is 19.6. The zero-order valence-electron chi connectivity index (χ0n) is 17.8. The van der Waals surface area contributed by atoms with Crippen LogP contribution in [0.2, 0.25) is 0 Å². The summed E-state index contributed by atoms with van der Waals surface area (Å²) in [7, 11) is 1.66. The van der Waals surface area contributed by atoms with Gasteiger partial charge in [0.1, 0.15) is 12.1 Å². The first-order chi connectivity index (χ1) is 14.6. The Hall–Kier alpha value is -3.15. The maximum absolute atomic E-state index is 13.2. The average molecular weight is 405 g/mol. The molecule has 6 nitrogen and oxygen atoms in total. The first-order valence-electron chi connectivity index (χ1n) is 10.5. The number of carbonyl (C=O) groups is 1. The second-order valence-corrected chi connectivity index (χ2v) is 7.82. The van der Waals surface area contributed by atoms with Crippen molar-refractivity contribution < 1.29 is 9.53 Å². The first kappa shape index (κ1) is 20.1. The van der Waals surface area contributed by atoms with Gasteiger partial charge in [-0.05, 0) is 43.0 Å². The molecule has 0 spiro atoms. The minimum absolute atomic E-state index is 0.0189. The number of unbranched alkanes of at least 4 members (excludes halogenated alkanes) is 1. The highest BCUT2D eigenvalue weighted by molar-refractivity contribution is 5.92. The number of hydrogen-bond acceptors (Lipinski definition) is 4. The molecule has 0 saturated heterocycles. The molecule has 1 aromatic heterocycles. The van der Waals surface area contributed by atoms with Crippen molar-refractivity contribution in [3.8, 4) is 5.75 Å². The van der Waals surface area contributed by atoms with Gasteiger partial charge in [0.05, 0.1) is 19.2 Å². The number of anilines is 1. The highest BCUT2D eigenvalue weighted by Crippen LogP contribution is 2.42. The monoisotopic (exact) mass is 404 g/mol. The fraction of sp³-hybridized carbons (Fsp3) is 0.375. The number of nitrogens with zero attached hydrogens (tertiary/aromatic N) is 4. The molecule has 156 valence electrons. The first-order valence-corrected chi connectivity index (χ1v) is 10.5. The van der Waals surface area contributed by atoms with Crippen LogP contribution in [0, 0.1) is 6.92 Å². The van der Waals surface area contributed by atoms with E-state index in [9.17, 15) is 4.79 Å². The van der Waals surface area contributed by atoms with Crippen molar-refractivity contribution >= 4 is 11.9 Å². The molecule has 1 aliphatic rings. The smallest absolute Gasteiger partial charge is 0.231 e. The summed E-state index contributed by atoms with van der Waals surface area (Å²) in [6, 6.07) is 16.4. The number of benzene rings is 2. The SMILES string of the molecule is CCCCC(=O)N1c2ncnn2[C@@H](c2ccc(C)cc2)C[C@H]1c1ccc(OC)cc1. The summed E-state index contributed by atoms with van der Waals surface area (Å²) in [6.07, 6.45) is 4.63. The molecule has 0 bridgehead atoms. The van der Waals surface area contributed by atoms with Gasteiger partial charge in [0.15, 0.2) is 0 Å². The number of aromatic nitrogens is 3. The minimum Gasteiger partial charge on any atom is -0.497 e. The largest absolute Gasteiger partial charge is 0.497 e. The Balaban J connectivity index is 1.78. The zero-order valence-corrected chi connectivity index (χ0v) is 17.8. The van der Waals surface area contributed by atoms with Crippen LogP contribution in [0.4, 0.5) is 5.95 Å². The van der Waals surface area contributed by atoms with Crippen LogP contribution in [-0.2, 0) is 4.79 Å². The van der Waals surface area contributed by atoms with E-state index in [1.807, 2.05) is 33.8 Å². The van der Waals surface area contributed by atoms with Gasteiger partial charge in [0, 0.05) is 6.42 Å². The number of ether oxygens (including phenoxy) is 1. The summed E-state index contributed by atoms with van der Waals surface area (Å²) in [6.45, 7) is 4.18. The van der Waals surface area contributed by atoms with Crippen LogP contribution in [0.3, 0.4) is 0 Å². The van der Waals surface area contributed by atoms with E-state index in [1.54, 1.807) is 13.4 Å². The van der Waals surface area contributed by atoms with Crippen molar-refractivity contribution in [1.82, 2.24) is 14.8 Å². The van der Waals surface area contributed by atoms with Gasteiger partial charge in [0.2, 0.25) is 11.9 Å². The van der Waals surface area contributed by atoms with Crippen LogP contribution in [0.25, 0.3) is 0 Å². The molecule has 2 aromatic carbocycles. The van der Waals surface area contributed by atoms with Gasteiger partial charge in [-0.2, -0.15) is 10.1 Å². The minimum atomic E-state index is -0.108. The van der Waals surface area contributed by atoms with Crippen LogP contribution >= 0.6 is 0 Å². The van der Waals surface area contributed by atoms with E-state index in [-0.39, 0.29) is 18.0 Å². The van der Waals surface area contributed by atoms with Crippen LogP contribution in [0.5, 0.6) is 5.75 Å². The number of fused-ring (bicyclic) bond motifs is 1. The van der Waals surface area contributed by atoms with Gasteiger partial charge in [-0.3, -0.25) is 9.69 Å². The lowest BCUT2D eigenvalue weighted by Gasteiger charge is -2.39. The summed E-state index contributed by atoms with van der Waals surface area (Å²) in [5, 5.41) is 4.50. The highest BCUT2D eigenvalue weighted by Gasteiger charge is 2.39. The van der Waals surface area contributed by atoms with E-state index in [1.165, 1.54) is 11.1 Å². The standard InChI is InChI=1S/C24H28N4O2/c1-4-5-6-23(29)27-21(18-11-13-20(30-3)14-12-18)15-22(28-24(27)25-16-26-28)19-9-7-17(2)8-10-19/h7-14,16,21-22H,4-6,15H2,1-3H3/t21-,22+/m0/s1. The van der Waals surface area contributed by atoms with E-state index in [0.29, 0.717) is 12.4 Å². The van der Waals surface area contributed by atoms with Crippen LogP contribution < -0.4 is 9.64 Å². The summed E-state index contributed by atoms with van der Waals surface area (Å²) in [5.74, 6) is 1.51. The molecular weight excluding hydrogens is 376 g/mol. The van der Waals surface area contributed by atoms with E-state index in [2.05, 4.69) is 48.2 Å². The number of carbonyl (C=O) groups excluding carboxylic acids is 1. The molecule has 2 heterocycles. The molecule has 4 rings (SSSR count). The Morgan fingerprint density at radius 3 is 2.40 bits per heavy atom. The van der Waals surface area contributed by atoms with Gasteiger partial charge >= 0.3 is 0 Å². The third-order valence-electron chi connectivity index (χ3n) is 5.80. The molecule has 0 radical (unpaired) electrons. The third kappa shape index (κ3) is 3.82. The Bertz CT molecular complexity index is 995. The Morgan fingerprint density at radius 2 is 1.73 bits per heavy atom. The molecule has 3 aromatic rings. The van der Waals surface area contributed by atoms with Crippen molar-refractivity contribution in [2.24, 2.45) is 0 Å². The van der Waals surface area contributed by atoms with E-state index in [0.717, 1.165) is 30.6 Å². The number of hydrogen-bond donors (Lipinski definition) is 0. The third-order valence-corrected chi connectivity index (χ3v) is 5.80. The quantitative estimate of drug-likeness (QED) is 0.589. The Kier molecular flexibility index (Phi) is 5.84. The molecular formula is C24H28N4O2. The van der Waals surface area contributed by atoms with E-state index in [4.69, 9.17) is 4.74 Å². The molecule has 0 fully saturated rings. The Labute approximate surface area is 177 Å². The number of aryl methyl sites for hydroxylation is 1. The van der Waals surface area contributed by atoms with Crippen LogP contribution in [-0.4, -0.2) is 27.8 Å². The summed E-state index contributed by atoms with van der Waals surface area (Å²) < 4.78 is 7.22. The average Bonchev–Trinajstić information content (AvgIpc) is 3.27. The molecule has 1 aliphatic heterocycles. The van der Waals surface area contributed by atoms with Gasteiger partial charge in [-0.1, -0.05) is 55.3 Å². The lowest BCUT2D eigenvalue weighted by atomic mass is 9.91. The van der Waals surface area contributed by atoms with Crippen LogP contribution in [0.15, 0.2) is 54.9 Å². The Morgan fingerprint density at radius 1 is 1.07 bits per heavy atom. The molecule has 0 aliphatic carbocycles. The van der Waals surface area contributed by atoms with E-state index < -0.39 is 0 Å². The predicted octanol–water partition coefficient (Wildman–Crippen LogP) is 4.85. The van der Waals surface area contributed by atoms with Gasteiger partial charge in [-0.25, -0.2) is 4.68 Å². The van der Waals surface area contributed by atoms with Crippen molar-refractivity contribution in [1.29, 1.82) is 0 Å². The molecule has 30 heavy (non-hydrogen) atoms. The van der Waals surface area contributed by atoms with Crippen molar-refractivity contribution in [2.45, 2.75) is 51.6 Å². The fourth-order valence-corrected chi connectivity index (χ4v) is 4.10. The lowest BCUT2D eigenvalue weighted by molar-refractivity contribution is -0.119.